The third-order valence-corrected chi connectivity index (χ3v) is 4.76. The number of nitrogens with zero attached hydrogens (tertiary/aromatic N) is 2. The topological polar surface area (TPSA) is 46.0 Å². The van der Waals surface area contributed by atoms with Crippen molar-refractivity contribution in [1.29, 1.82) is 0 Å². The van der Waals surface area contributed by atoms with Gasteiger partial charge in [0.2, 0.25) is 0 Å². The first-order valence-corrected chi connectivity index (χ1v) is 7.37. The van der Waals surface area contributed by atoms with Gasteiger partial charge in [0.15, 0.2) is 0 Å². The molecule has 92 valence electrons. The minimum Gasteiger partial charge on any atom is -0.385 e. The predicted molar refractivity (Wildman–Crippen MR) is 75.4 cm³/mol. The highest BCUT2D eigenvalue weighted by Crippen LogP contribution is 2.29. The van der Waals surface area contributed by atoms with E-state index >= 15 is 0 Å². The first-order valence-electron chi connectivity index (χ1n) is 5.36. The number of hydrogen-bond acceptors (Lipinski definition) is 5. The largest absolute Gasteiger partial charge is 0.385 e. The van der Waals surface area contributed by atoms with Crippen molar-refractivity contribution in [3.05, 3.63) is 44.8 Å². The van der Waals surface area contributed by atoms with Crippen molar-refractivity contribution in [2.24, 2.45) is 0 Å². The zero-order chi connectivity index (χ0) is 12.5. The van der Waals surface area contributed by atoms with Crippen molar-refractivity contribution in [3.8, 4) is 0 Å². The summed E-state index contributed by atoms with van der Waals surface area (Å²) in [5, 5.41) is 11.6. The van der Waals surface area contributed by atoms with Crippen molar-refractivity contribution in [2.45, 2.75) is 12.5 Å². The van der Waals surface area contributed by atoms with Gasteiger partial charge in [0, 0.05) is 6.42 Å². The van der Waals surface area contributed by atoms with Crippen molar-refractivity contribution in [3.63, 3.8) is 0 Å². The molecule has 3 rings (SSSR count). The molecule has 0 fully saturated rings. The lowest BCUT2D eigenvalue weighted by molar-refractivity contribution is 0.178. The van der Waals surface area contributed by atoms with Crippen LogP contribution in [0.15, 0.2) is 30.5 Å². The van der Waals surface area contributed by atoms with Crippen LogP contribution < -0.4 is 0 Å². The molecule has 0 spiro atoms. The molecular weight excluding hydrogens is 288 g/mol. The summed E-state index contributed by atoms with van der Waals surface area (Å²) in [4.78, 5) is 8.57. The summed E-state index contributed by atoms with van der Waals surface area (Å²) in [6.45, 7) is 0. The third kappa shape index (κ3) is 2.40. The molecule has 1 aromatic carbocycles. The van der Waals surface area contributed by atoms with Gasteiger partial charge < -0.3 is 5.11 Å². The molecule has 0 amide bonds. The fraction of sp³-hybridized carbons (Fsp3) is 0.167. The Morgan fingerprint density at radius 3 is 2.83 bits per heavy atom. The number of fused-ring (bicyclic) bond motifs is 1. The molecule has 3 aromatic rings. The molecule has 0 aliphatic heterocycles. The number of halogens is 1. The van der Waals surface area contributed by atoms with Gasteiger partial charge in [0.1, 0.15) is 15.4 Å². The van der Waals surface area contributed by atoms with Crippen LogP contribution >= 0.6 is 34.3 Å². The van der Waals surface area contributed by atoms with E-state index in [1.807, 2.05) is 24.3 Å². The highest BCUT2D eigenvalue weighted by molar-refractivity contribution is 7.18. The summed E-state index contributed by atoms with van der Waals surface area (Å²) >= 11 is 8.71. The maximum atomic E-state index is 10.1. The summed E-state index contributed by atoms with van der Waals surface area (Å²) in [5.41, 5.74) is 0.974. The van der Waals surface area contributed by atoms with Crippen LogP contribution in [0.25, 0.3) is 10.2 Å². The fourth-order valence-electron chi connectivity index (χ4n) is 1.68. The Kier molecular flexibility index (Phi) is 3.30. The SMILES string of the molecule is OC(Cc1nc2ccccc2s1)c1ncc(Cl)s1. The quantitative estimate of drug-likeness (QED) is 0.802. The van der Waals surface area contributed by atoms with E-state index < -0.39 is 6.10 Å². The van der Waals surface area contributed by atoms with Crippen LogP contribution in [0.5, 0.6) is 0 Å². The van der Waals surface area contributed by atoms with Crippen molar-refractivity contribution < 1.29 is 5.11 Å². The maximum Gasteiger partial charge on any atom is 0.123 e. The molecular formula is C12H9ClN2OS2. The number of aromatic nitrogens is 2. The Balaban J connectivity index is 1.83. The molecule has 1 unspecified atom stereocenters. The van der Waals surface area contributed by atoms with Crippen LogP contribution in [0.3, 0.4) is 0 Å². The lowest BCUT2D eigenvalue weighted by atomic mass is 10.3. The molecule has 1 atom stereocenters. The zero-order valence-corrected chi connectivity index (χ0v) is 11.6. The maximum absolute atomic E-state index is 10.1. The smallest absolute Gasteiger partial charge is 0.123 e. The standard InChI is InChI=1S/C12H9ClN2OS2/c13-10-6-14-12(18-10)8(16)5-11-15-7-3-1-2-4-9(7)17-11/h1-4,6,8,16H,5H2. The molecule has 0 radical (unpaired) electrons. The Morgan fingerprint density at radius 1 is 1.28 bits per heavy atom. The first kappa shape index (κ1) is 12.0. The van der Waals surface area contributed by atoms with Gasteiger partial charge in [-0.1, -0.05) is 23.7 Å². The monoisotopic (exact) mass is 296 g/mol. The molecule has 0 bridgehead atoms. The molecule has 0 aliphatic rings. The fourth-order valence-corrected chi connectivity index (χ4v) is 3.60. The van der Waals surface area contributed by atoms with Crippen LogP contribution in [0, 0.1) is 0 Å². The van der Waals surface area contributed by atoms with Gasteiger partial charge in [0.05, 0.1) is 21.4 Å². The highest BCUT2D eigenvalue weighted by Gasteiger charge is 2.15. The van der Waals surface area contributed by atoms with Crippen molar-refractivity contribution >= 4 is 44.5 Å². The van der Waals surface area contributed by atoms with E-state index in [9.17, 15) is 5.11 Å². The van der Waals surface area contributed by atoms with Gasteiger partial charge in [-0.15, -0.1) is 22.7 Å². The highest BCUT2D eigenvalue weighted by atomic mass is 35.5. The number of aliphatic hydroxyl groups is 1. The Bertz CT molecular complexity index is 646. The van der Waals surface area contributed by atoms with E-state index in [4.69, 9.17) is 11.6 Å². The van der Waals surface area contributed by atoms with Crippen LogP contribution in [0.2, 0.25) is 4.34 Å². The van der Waals surface area contributed by atoms with E-state index in [1.54, 1.807) is 17.5 Å². The summed E-state index contributed by atoms with van der Waals surface area (Å²) in [5.74, 6) is 0. The summed E-state index contributed by atoms with van der Waals surface area (Å²) < 4.78 is 1.73. The second-order valence-corrected chi connectivity index (χ2v) is 6.61. The minimum absolute atomic E-state index is 0.475. The number of thiazole rings is 2. The number of benzene rings is 1. The molecule has 18 heavy (non-hydrogen) atoms. The zero-order valence-electron chi connectivity index (χ0n) is 9.21. The van der Waals surface area contributed by atoms with Gasteiger partial charge in [0.25, 0.3) is 0 Å². The van der Waals surface area contributed by atoms with E-state index in [-0.39, 0.29) is 0 Å². The molecule has 3 nitrogen and oxygen atoms in total. The van der Waals surface area contributed by atoms with Gasteiger partial charge >= 0.3 is 0 Å². The van der Waals surface area contributed by atoms with Crippen molar-refractivity contribution in [2.75, 3.05) is 0 Å². The Hall–Kier alpha value is -1.01. The lowest BCUT2D eigenvalue weighted by Gasteiger charge is -2.03. The molecule has 2 aromatic heterocycles. The molecule has 0 saturated heterocycles. The summed E-state index contributed by atoms with van der Waals surface area (Å²) in [7, 11) is 0. The Labute approximate surface area is 117 Å². The molecule has 6 heteroatoms. The van der Waals surface area contributed by atoms with Gasteiger partial charge in [-0.05, 0) is 12.1 Å². The van der Waals surface area contributed by atoms with Crippen molar-refractivity contribution in [1.82, 2.24) is 9.97 Å². The van der Waals surface area contributed by atoms with Gasteiger partial charge in [-0.25, -0.2) is 9.97 Å². The number of rotatable bonds is 3. The number of hydrogen-bond donors (Lipinski definition) is 1. The second-order valence-electron chi connectivity index (χ2n) is 3.80. The molecule has 2 heterocycles. The molecule has 0 aliphatic carbocycles. The predicted octanol–water partition coefficient (Wildman–Crippen LogP) is 3.68. The van der Waals surface area contributed by atoms with Crippen LogP contribution in [-0.4, -0.2) is 15.1 Å². The molecule has 0 saturated carbocycles. The number of aliphatic hydroxyl groups excluding tert-OH is 1. The average molecular weight is 297 g/mol. The van der Waals surface area contributed by atoms with Crippen LogP contribution in [-0.2, 0) is 6.42 Å². The Morgan fingerprint density at radius 2 is 2.11 bits per heavy atom. The number of para-hydroxylation sites is 1. The second kappa shape index (κ2) is 4.93. The van der Waals surface area contributed by atoms with Crippen LogP contribution in [0.1, 0.15) is 16.1 Å². The summed E-state index contributed by atoms with van der Waals surface area (Å²) in [6.07, 6.45) is 1.40. The lowest BCUT2D eigenvalue weighted by Crippen LogP contribution is -2.00. The minimum atomic E-state index is -0.636. The van der Waals surface area contributed by atoms with E-state index in [2.05, 4.69) is 9.97 Å². The molecule has 1 N–H and O–H groups in total. The average Bonchev–Trinajstić information content (AvgIpc) is 2.94. The van der Waals surface area contributed by atoms with E-state index in [1.165, 1.54) is 11.3 Å². The normalized spacial score (nSPS) is 13.0. The summed E-state index contributed by atoms with van der Waals surface area (Å²) in [6, 6.07) is 7.95. The van der Waals surface area contributed by atoms with Gasteiger partial charge in [-0.2, -0.15) is 0 Å². The van der Waals surface area contributed by atoms with Crippen LogP contribution in [0.4, 0.5) is 0 Å². The first-order chi connectivity index (χ1) is 8.72. The van der Waals surface area contributed by atoms with Gasteiger partial charge in [-0.3, -0.25) is 0 Å². The van der Waals surface area contributed by atoms with E-state index in [0.29, 0.717) is 15.8 Å². The third-order valence-electron chi connectivity index (χ3n) is 2.49. The van der Waals surface area contributed by atoms with E-state index in [0.717, 1.165) is 15.2 Å².